The molecule has 0 bridgehead atoms. The van der Waals surface area contributed by atoms with Crippen LogP contribution in [0.15, 0.2) is 54.9 Å². The standard InChI is InChI=1S/C21H24N6O/c1-25-13-19-6-4-3-5-18(19)11-20(25)14-26(2)21(28)17-9-7-16(8-10-17)12-27-15-22-23-24-27/h3-10,15,20H,11-14H2,1-2H3. The number of hydrogen-bond acceptors (Lipinski definition) is 5. The van der Waals surface area contributed by atoms with Gasteiger partial charge in [-0.25, -0.2) is 4.68 Å². The Balaban J connectivity index is 1.39. The van der Waals surface area contributed by atoms with Crippen LogP contribution < -0.4 is 0 Å². The van der Waals surface area contributed by atoms with Crippen molar-refractivity contribution < 1.29 is 4.79 Å². The number of rotatable bonds is 5. The molecule has 0 N–H and O–H groups in total. The highest BCUT2D eigenvalue weighted by atomic mass is 16.2. The van der Waals surface area contributed by atoms with Gasteiger partial charge < -0.3 is 4.90 Å². The summed E-state index contributed by atoms with van der Waals surface area (Å²) < 4.78 is 1.65. The number of carbonyl (C=O) groups excluding carboxylic acids is 1. The normalized spacial score (nSPS) is 16.6. The predicted molar refractivity (Wildman–Crippen MR) is 106 cm³/mol. The Kier molecular flexibility index (Phi) is 5.16. The Morgan fingerprint density at radius 1 is 1.14 bits per heavy atom. The van der Waals surface area contributed by atoms with Gasteiger partial charge in [0.2, 0.25) is 0 Å². The molecule has 0 aliphatic carbocycles. The first-order chi connectivity index (χ1) is 13.6. The maximum absolute atomic E-state index is 12.9. The van der Waals surface area contributed by atoms with Gasteiger partial charge in [-0.15, -0.1) is 5.10 Å². The lowest BCUT2D eigenvalue weighted by atomic mass is 9.94. The third-order valence-electron chi connectivity index (χ3n) is 5.39. The Morgan fingerprint density at radius 3 is 2.61 bits per heavy atom. The summed E-state index contributed by atoms with van der Waals surface area (Å²) in [4.78, 5) is 17.0. The van der Waals surface area contributed by atoms with Crippen LogP contribution in [0.5, 0.6) is 0 Å². The van der Waals surface area contributed by atoms with Crippen molar-refractivity contribution in [3.05, 3.63) is 77.1 Å². The fourth-order valence-corrected chi connectivity index (χ4v) is 3.73. The van der Waals surface area contributed by atoms with E-state index in [0.717, 1.165) is 18.5 Å². The maximum atomic E-state index is 12.9. The van der Waals surface area contributed by atoms with Crippen LogP contribution in [0.2, 0.25) is 0 Å². The van der Waals surface area contributed by atoms with Crippen molar-refractivity contribution in [2.24, 2.45) is 0 Å². The number of hydrogen-bond donors (Lipinski definition) is 0. The van der Waals surface area contributed by atoms with E-state index in [1.807, 2.05) is 36.2 Å². The first kappa shape index (κ1) is 18.3. The number of tetrazole rings is 1. The minimum atomic E-state index is 0.0428. The van der Waals surface area contributed by atoms with Crippen LogP contribution in [0.3, 0.4) is 0 Å². The fraction of sp³-hybridized carbons (Fsp3) is 0.333. The van der Waals surface area contributed by atoms with Crippen LogP contribution in [0.4, 0.5) is 0 Å². The van der Waals surface area contributed by atoms with E-state index in [9.17, 15) is 4.79 Å². The van der Waals surface area contributed by atoms with Crippen molar-refractivity contribution in [1.29, 1.82) is 0 Å². The number of amides is 1. The largest absolute Gasteiger partial charge is 0.340 e. The summed E-state index contributed by atoms with van der Waals surface area (Å²) >= 11 is 0. The summed E-state index contributed by atoms with van der Waals surface area (Å²) in [6, 6.07) is 16.5. The molecular formula is C21H24N6O. The van der Waals surface area contributed by atoms with E-state index in [2.05, 4.69) is 51.7 Å². The molecule has 3 aromatic rings. The average Bonchev–Trinajstić information content (AvgIpc) is 3.21. The number of likely N-dealkylation sites (N-methyl/N-ethyl adjacent to an activating group) is 2. The van der Waals surface area contributed by atoms with E-state index in [4.69, 9.17) is 0 Å². The van der Waals surface area contributed by atoms with Gasteiger partial charge in [0.1, 0.15) is 6.33 Å². The Labute approximate surface area is 164 Å². The lowest BCUT2D eigenvalue weighted by Gasteiger charge is -2.36. The van der Waals surface area contributed by atoms with Gasteiger partial charge in [-0.2, -0.15) is 0 Å². The van der Waals surface area contributed by atoms with Gasteiger partial charge in [0.25, 0.3) is 5.91 Å². The van der Waals surface area contributed by atoms with Crippen LogP contribution in [-0.4, -0.2) is 62.6 Å². The molecule has 1 aliphatic rings. The van der Waals surface area contributed by atoms with Crippen molar-refractivity contribution in [1.82, 2.24) is 30.0 Å². The lowest BCUT2D eigenvalue weighted by Crippen LogP contribution is -2.46. The summed E-state index contributed by atoms with van der Waals surface area (Å²) in [5, 5.41) is 11.1. The van der Waals surface area contributed by atoms with Crippen LogP contribution in [0.1, 0.15) is 27.0 Å². The zero-order valence-electron chi connectivity index (χ0n) is 16.2. The molecule has 0 spiro atoms. The molecule has 1 aromatic heterocycles. The molecule has 7 nitrogen and oxygen atoms in total. The van der Waals surface area contributed by atoms with Gasteiger partial charge in [0.15, 0.2) is 0 Å². The molecule has 0 saturated carbocycles. The van der Waals surface area contributed by atoms with E-state index >= 15 is 0 Å². The van der Waals surface area contributed by atoms with E-state index in [1.54, 1.807) is 11.0 Å². The molecule has 1 aliphatic heterocycles. The third-order valence-corrected chi connectivity index (χ3v) is 5.39. The summed E-state index contributed by atoms with van der Waals surface area (Å²) in [6.07, 6.45) is 2.54. The van der Waals surface area contributed by atoms with Gasteiger partial charge in [-0.1, -0.05) is 36.4 Å². The molecule has 7 heteroatoms. The smallest absolute Gasteiger partial charge is 0.253 e. The minimum absolute atomic E-state index is 0.0428. The zero-order valence-corrected chi connectivity index (χ0v) is 16.2. The highest BCUT2D eigenvalue weighted by Gasteiger charge is 2.25. The predicted octanol–water partition coefficient (Wildman–Crippen LogP) is 1.85. The molecule has 0 radical (unpaired) electrons. The highest BCUT2D eigenvalue weighted by Crippen LogP contribution is 2.22. The van der Waals surface area contributed by atoms with Crippen molar-refractivity contribution in [3.63, 3.8) is 0 Å². The number of aromatic nitrogens is 4. The van der Waals surface area contributed by atoms with Gasteiger partial charge in [-0.05, 0) is 52.7 Å². The quantitative estimate of drug-likeness (QED) is 0.680. The van der Waals surface area contributed by atoms with Crippen molar-refractivity contribution in [2.75, 3.05) is 20.6 Å². The molecule has 144 valence electrons. The second kappa shape index (κ2) is 7.90. The van der Waals surface area contributed by atoms with Crippen LogP contribution >= 0.6 is 0 Å². The molecule has 2 heterocycles. The summed E-state index contributed by atoms with van der Waals surface area (Å²) in [6.45, 7) is 2.22. The molecule has 28 heavy (non-hydrogen) atoms. The minimum Gasteiger partial charge on any atom is -0.340 e. The Bertz CT molecular complexity index is 938. The highest BCUT2D eigenvalue weighted by molar-refractivity contribution is 5.94. The topological polar surface area (TPSA) is 67.2 Å². The SMILES string of the molecule is CN(CC1Cc2ccccc2CN1C)C(=O)c1ccc(Cn2cnnn2)cc1. The Hall–Kier alpha value is -3.06. The third kappa shape index (κ3) is 3.94. The molecular weight excluding hydrogens is 352 g/mol. The number of nitrogens with zero attached hydrogens (tertiary/aromatic N) is 6. The second-order valence-corrected chi connectivity index (χ2v) is 7.43. The van der Waals surface area contributed by atoms with Crippen LogP contribution in [0, 0.1) is 0 Å². The molecule has 1 atom stereocenters. The first-order valence-electron chi connectivity index (χ1n) is 9.42. The lowest BCUT2D eigenvalue weighted by molar-refractivity contribution is 0.0733. The van der Waals surface area contributed by atoms with Gasteiger partial charge in [-0.3, -0.25) is 9.69 Å². The van der Waals surface area contributed by atoms with Gasteiger partial charge in [0.05, 0.1) is 6.54 Å². The Morgan fingerprint density at radius 2 is 1.89 bits per heavy atom. The summed E-state index contributed by atoms with van der Waals surface area (Å²) in [5.74, 6) is 0.0428. The van der Waals surface area contributed by atoms with Crippen molar-refractivity contribution >= 4 is 5.91 Å². The van der Waals surface area contributed by atoms with E-state index in [1.165, 1.54) is 11.1 Å². The zero-order chi connectivity index (χ0) is 19.5. The summed E-state index contributed by atoms with van der Waals surface area (Å²) in [5.41, 5.74) is 4.52. The van der Waals surface area contributed by atoms with Crippen molar-refractivity contribution in [3.8, 4) is 0 Å². The van der Waals surface area contributed by atoms with Gasteiger partial charge in [0, 0.05) is 31.7 Å². The van der Waals surface area contributed by atoms with E-state index < -0.39 is 0 Å². The number of fused-ring (bicyclic) bond motifs is 1. The maximum Gasteiger partial charge on any atom is 0.253 e. The first-order valence-corrected chi connectivity index (χ1v) is 9.42. The second-order valence-electron chi connectivity index (χ2n) is 7.43. The molecule has 1 unspecified atom stereocenters. The molecule has 0 fully saturated rings. The van der Waals surface area contributed by atoms with Gasteiger partial charge >= 0.3 is 0 Å². The van der Waals surface area contributed by atoms with Crippen LogP contribution in [0.25, 0.3) is 0 Å². The average molecular weight is 376 g/mol. The number of benzene rings is 2. The molecule has 1 amide bonds. The molecule has 2 aromatic carbocycles. The van der Waals surface area contributed by atoms with E-state index in [0.29, 0.717) is 24.7 Å². The molecule has 0 saturated heterocycles. The van der Waals surface area contributed by atoms with Crippen molar-refractivity contribution in [2.45, 2.75) is 25.6 Å². The van der Waals surface area contributed by atoms with E-state index in [-0.39, 0.29) is 5.91 Å². The number of carbonyl (C=O) groups is 1. The monoisotopic (exact) mass is 376 g/mol. The fourth-order valence-electron chi connectivity index (χ4n) is 3.73. The molecule has 4 rings (SSSR count). The summed E-state index contributed by atoms with van der Waals surface area (Å²) in [7, 11) is 4.01. The van der Waals surface area contributed by atoms with Crippen LogP contribution in [-0.2, 0) is 19.5 Å².